The van der Waals surface area contributed by atoms with Crippen LogP contribution in [-0.2, 0) is 6.54 Å². The van der Waals surface area contributed by atoms with Gasteiger partial charge in [-0.05, 0) is 25.0 Å². The van der Waals surface area contributed by atoms with Gasteiger partial charge in [-0.15, -0.1) is 0 Å². The molecule has 0 radical (unpaired) electrons. The summed E-state index contributed by atoms with van der Waals surface area (Å²) in [4.78, 5) is 11.5. The predicted octanol–water partition coefficient (Wildman–Crippen LogP) is 2.56. The lowest BCUT2D eigenvalue weighted by Gasteiger charge is -2.04. The van der Waals surface area contributed by atoms with Crippen molar-refractivity contribution in [3.8, 4) is 17.1 Å². The third kappa shape index (κ3) is 2.03. The molecule has 3 rings (SSSR count). The van der Waals surface area contributed by atoms with Gasteiger partial charge in [0.2, 0.25) is 5.88 Å². The summed E-state index contributed by atoms with van der Waals surface area (Å²) in [6, 6.07) is 6.00. The summed E-state index contributed by atoms with van der Waals surface area (Å²) in [5.41, 5.74) is 0.221. The maximum Gasteiger partial charge on any atom is 0.343 e. The molecule has 0 fully saturated rings. The van der Waals surface area contributed by atoms with Crippen LogP contribution in [0.4, 0.5) is 4.39 Å². The van der Waals surface area contributed by atoms with E-state index in [1.807, 2.05) is 0 Å². The van der Waals surface area contributed by atoms with E-state index < -0.39 is 11.8 Å². The van der Waals surface area contributed by atoms with Gasteiger partial charge in [-0.25, -0.2) is 13.9 Å². The lowest BCUT2D eigenvalue weighted by atomic mass is 10.1. The van der Waals surface area contributed by atoms with Crippen LogP contribution in [0.3, 0.4) is 0 Å². The quantitative estimate of drug-likeness (QED) is 0.915. The fourth-order valence-electron chi connectivity index (χ4n) is 2.31. The summed E-state index contributed by atoms with van der Waals surface area (Å²) < 4.78 is 20.9. The molecule has 0 bridgehead atoms. The molecule has 1 aliphatic rings. The molecule has 0 atom stereocenters. The van der Waals surface area contributed by atoms with Crippen LogP contribution in [0, 0.1) is 5.82 Å². The molecule has 2 heterocycles. The van der Waals surface area contributed by atoms with E-state index in [2.05, 4.69) is 5.10 Å². The molecule has 5 nitrogen and oxygen atoms in total. The summed E-state index contributed by atoms with van der Waals surface area (Å²) in [6.45, 7) is 1.02. The van der Waals surface area contributed by atoms with Crippen LogP contribution >= 0.6 is 0 Å². The molecule has 0 amide bonds. The van der Waals surface area contributed by atoms with Gasteiger partial charge in [0, 0.05) is 12.1 Å². The van der Waals surface area contributed by atoms with Crippen molar-refractivity contribution in [2.75, 3.05) is 6.61 Å². The molecule has 0 unspecified atom stereocenters. The zero-order chi connectivity index (χ0) is 14.1. The van der Waals surface area contributed by atoms with Crippen molar-refractivity contribution in [3.63, 3.8) is 0 Å². The molecule has 0 aliphatic carbocycles. The molecule has 104 valence electrons. The monoisotopic (exact) mass is 276 g/mol. The number of hydrogen-bond donors (Lipinski definition) is 1. The zero-order valence-corrected chi connectivity index (χ0v) is 10.7. The number of carboxylic acids is 1. The largest absolute Gasteiger partial charge is 0.477 e. The number of benzene rings is 1. The summed E-state index contributed by atoms with van der Waals surface area (Å²) in [5.74, 6) is -1.44. The molecule has 2 aromatic rings. The van der Waals surface area contributed by atoms with Gasteiger partial charge in [0.05, 0.1) is 6.61 Å². The van der Waals surface area contributed by atoms with Crippen LogP contribution in [0.15, 0.2) is 24.3 Å². The van der Waals surface area contributed by atoms with Crippen molar-refractivity contribution >= 4 is 5.97 Å². The lowest BCUT2D eigenvalue weighted by Crippen LogP contribution is -2.04. The molecule has 20 heavy (non-hydrogen) atoms. The van der Waals surface area contributed by atoms with Gasteiger partial charge >= 0.3 is 5.97 Å². The Morgan fingerprint density at radius 1 is 1.35 bits per heavy atom. The molecular formula is C14H13FN2O3. The highest BCUT2D eigenvalue weighted by Crippen LogP contribution is 2.33. The number of fused-ring (bicyclic) bond motifs is 1. The van der Waals surface area contributed by atoms with E-state index in [0.29, 0.717) is 13.2 Å². The third-order valence-electron chi connectivity index (χ3n) is 3.25. The number of rotatable bonds is 2. The Morgan fingerprint density at radius 3 is 2.90 bits per heavy atom. The second-order valence-electron chi connectivity index (χ2n) is 4.59. The van der Waals surface area contributed by atoms with Gasteiger partial charge in [0.15, 0.2) is 0 Å². The number of hydrogen-bond acceptors (Lipinski definition) is 3. The second kappa shape index (κ2) is 4.96. The van der Waals surface area contributed by atoms with Crippen molar-refractivity contribution in [1.82, 2.24) is 9.78 Å². The first-order valence-corrected chi connectivity index (χ1v) is 6.40. The summed E-state index contributed by atoms with van der Waals surface area (Å²) in [5, 5.41) is 13.6. The summed E-state index contributed by atoms with van der Waals surface area (Å²) in [7, 11) is 0. The first-order valence-electron chi connectivity index (χ1n) is 6.40. The molecule has 0 saturated heterocycles. The molecule has 1 N–H and O–H groups in total. The van der Waals surface area contributed by atoms with Gasteiger partial charge in [0.25, 0.3) is 0 Å². The Bertz CT molecular complexity index is 666. The maximum absolute atomic E-state index is 13.9. The number of halogens is 1. The molecule has 6 heteroatoms. The number of carboxylic acid groups (broad SMARTS) is 1. The van der Waals surface area contributed by atoms with Crippen molar-refractivity contribution < 1.29 is 19.0 Å². The summed E-state index contributed by atoms with van der Waals surface area (Å²) in [6.07, 6.45) is 1.70. The fraction of sp³-hybridized carbons (Fsp3) is 0.286. The van der Waals surface area contributed by atoms with Crippen molar-refractivity contribution in [2.45, 2.75) is 19.4 Å². The Hall–Kier alpha value is -2.37. The van der Waals surface area contributed by atoms with E-state index in [1.165, 1.54) is 16.8 Å². The highest BCUT2D eigenvalue weighted by Gasteiger charge is 2.28. The Labute approximate surface area is 114 Å². The van der Waals surface area contributed by atoms with Crippen LogP contribution in [0.2, 0.25) is 0 Å². The van der Waals surface area contributed by atoms with Gasteiger partial charge in [-0.1, -0.05) is 12.1 Å². The van der Waals surface area contributed by atoms with Crippen LogP contribution in [0.1, 0.15) is 23.2 Å². The standard InChI is InChI=1S/C14H13FN2O3/c15-10-6-2-1-5-9(10)12-11(14(18)19)13-17(16-12)7-3-4-8-20-13/h1-2,5-6H,3-4,7-8H2,(H,18,19). The van der Waals surface area contributed by atoms with E-state index >= 15 is 0 Å². The molecule has 1 aromatic carbocycles. The SMILES string of the molecule is O=C(O)c1c(-c2ccccc2F)nn2c1OCCCC2. The topological polar surface area (TPSA) is 64.3 Å². The molecular weight excluding hydrogens is 263 g/mol. The number of aromatic carboxylic acids is 1. The number of aromatic nitrogens is 2. The number of carbonyl (C=O) groups is 1. The minimum atomic E-state index is -1.16. The smallest absolute Gasteiger partial charge is 0.343 e. The lowest BCUT2D eigenvalue weighted by molar-refractivity contribution is 0.0693. The van der Waals surface area contributed by atoms with Crippen LogP contribution in [0.5, 0.6) is 5.88 Å². The van der Waals surface area contributed by atoms with Gasteiger partial charge < -0.3 is 9.84 Å². The van der Waals surface area contributed by atoms with E-state index in [-0.39, 0.29) is 22.7 Å². The van der Waals surface area contributed by atoms with Gasteiger partial charge in [-0.2, -0.15) is 5.10 Å². The average Bonchev–Trinajstić information content (AvgIpc) is 2.63. The number of aryl methyl sites for hydroxylation is 1. The Morgan fingerprint density at radius 2 is 2.15 bits per heavy atom. The van der Waals surface area contributed by atoms with E-state index in [1.54, 1.807) is 12.1 Å². The first kappa shape index (κ1) is 12.7. The maximum atomic E-state index is 13.9. The molecule has 1 aliphatic heterocycles. The van der Waals surface area contributed by atoms with E-state index in [0.717, 1.165) is 12.8 Å². The average molecular weight is 276 g/mol. The van der Waals surface area contributed by atoms with Crippen molar-refractivity contribution in [2.24, 2.45) is 0 Å². The van der Waals surface area contributed by atoms with Crippen molar-refractivity contribution in [1.29, 1.82) is 0 Å². The first-order chi connectivity index (χ1) is 9.68. The highest BCUT2D eigenvalue weighted by atomic mass is 19.1. The molecule has 0 saturated carbocycles. The normalized spacial score (nSPS) is 14.2. The minimum Gasteiger partial charge on any atom is -0.477 e. The fourth-order valence-corrected chi connectivity index (χ4v) is 2.31. The second-order valence-corrected chi connectivity index (χ2v) is 4.59. The van der Waals surface area contributed by atoms with E-state index in [4.69, 9.17) is 4.74 Å². The summed E-state index contributed by atoms with van der Waals surface area (Å²) >= 11 is 0. The van der Waals surface area contributed by atoms with Crippen LogP contribution < -0.4 is 4.74 Å². The predicted molar refractivity (Wildman–Crippen MR) is 69.3 cm³/mol. The number of ether oxygens (including phenoxy) is 1. The third-order valence-corrected chi connectivity index (χ3v) is 3.25. The Kier molecular flexibility index (Phi) is 3.14. The number of nitrogens with zero attached hydrogens (tertiary/aromatic N) is 2. The van der Waals surface area contributed by atoms with Gasteiger partial charge in [-0.3, -0.25) is 0 Å². The van der Waals surface area contributed by atoms with E-state index in [9.17, 15) is 14.3 Å². The van der Waals surface area contributed by atoms with Gasteiger partial charge in [0.1, 0.15) is 17.1 Å². The zero-order valence-electron chi connectivity index (χ0n) is 10.7. The minimum absolute atomic E-state index is 0.0722. The van der Waals surface area contributed by atoms with Crippen LogP contribution in [-0.4, -0.2) is 27.5 Å². The van der Waals surface area contributed by atoms with Crippen LogP contribution in [0.25, 0.3) is 11.3 Å². The molecule has 1 aromatic heterocycles. The molecule has 0 spiro atoms. The highest BCUT2D eigenvalue weighted by molar-refractivity contribution is 5.97. The van der Waals surface area contributed by atoms with Crippen molar-refractivity contribution in [3.05, 3.63) is 35.6 Å². The Balaban J connectivity index is 2.21.